The Kier molecular flexibility index (Phi) is 16.1. The summed E-state index contributed by atoms with van der Waals surface area (Å²) in [5, 5.41) is 25.4. The van der Waals surface area contributed by atoms with Gasteiger partial charge in [-0.2, -0.15) is 4.39 Å². The van der Waals surface area contributed by atoms with Crippen molar-refractivity contribution >= 4 is 127 Å². The third-order valence-corrected chi connectivity index (χ3v) is 11.4. The van der Waals surface area contributed by atoms with E-state index in [9.17, 15) is 28.4 Å². The van der Waals surface area contributed by atoms with Crippen LogP contribution in [0.5, 0.6) is 11.5 Å². The van der Waals surface area contributed by atoms with Crippen molar-refractivity contribution < 1.29 is 47.7 Å². The molecule has 6 rings (SSSR count). The van der Waals surface area contributed by atoms with Crippen molar-refractivity contribution in [1.82, 2.24) is 19.9 Å². The van der Waals surface area contributed by atoms with E-state index in [-0.39, 0.29) is 28.6 Å². The number of nitrogens with zero attached hydrogens (tertiary/aromatic N) is 3. The number of hydrogen-bond donors (Lipinski definition) is 5. The van der Waals surface area contributed by atoms with Crippen LogP contribution in [-0.2, 0) is 38.6 Å². The van der Waals surface area contributed by atoms with E-state index in [2.05, 4.69) is 89.6 Å². The summed E-state index contributed by atoms with van der Waals surface area (Å²) < 4.78 is 30.5. The number of rotatable bonds is 14. The molecule has 20 heteroatoms. The fourth-order valence-corrected chi connectivity index (χ4v) is 8.80. The molecule has 1 atom stereocenters. The number of amides is 3. The van der Waals surface area contributed by atoms with Crippen LogP contribution in [0.4, 0.5) is 16.0 Å². The summed E-state index contributed by atoms with van der Waals surface area (Å²) in [4.78, 5) is 65.9. The van der Waals surface area contributed by atoms with Crippen molar-refractivity contribution in [3.05, 3.63) is 101 Å². The quantitative estimate of drug-likeness (QED) is 0.0647. The van der Waals surface area contributed by atoms with Crippen LogP contribution in [0.2, 0.25) is 0 Å². The lowest BCUT2D eigenvalue weighted by atomic mass is 10.0. The number of hydrogen-bond acceptors (Lipinski definition) is 9. The van der Waals surface area contributed by atoms with Crippen molar-refractivity contribution in [2.45, 2.75) is 66.5 Å². The number of aromatic nitrogens is 3. The van der Waals surface area contributed by atoms with Crippen LogP contribution in [-0.4, -0.2) is 60.5 Å². The standard InChI is InChI=1S/C21H19Br2FN2O5.C21H20Br2N4O4/c1-9(2)6-16-26-14-4-5-15(17(24)19(14)31-16)30-18-12(22)7-11(8-13(18)23)20(27)25-10(3)21(28)29;1-3-27-18-7-12(4-5-17(18)26-21(27)24-11(2)28)6-14-15(22)8-13(9-16(14)23)25-19(29)10-20(30)31/h4-5,7-10H,6H2,1-3H3,(H,25,27)(H,28,29);4-5,7-9H,3,6,10H2,1-2H3,(H,25,29)(H,30,31)(H,24,26,28). The van der Waals surface area contributed by atoms with Crippen LogP contribution in [0.15, 0.2) is 76.9 Å². The second kappa shape index (κ2) is 20.8. The molecule has 0 fully saturated rings. The van der Waals surface area contributed by atoms with Gasteiger partial charge in [0.15, 0.2) is 23.0 Å². The van der Waals surface area contributed by atoms with Gasteiger partial charge in [0.1, 0.15) is 18.0 Å². The Morgan fingerprint density at radius 3 is 2.10 bits per heavy atom. The summed E-state index contributed by atoms with van der Waals surface area (Å²) in [5.74, 6) is -2.90. The molecule has 0 aliphatic carbocycles. The van der Waals surface area contributed by atoms with E-state index in [1.54, 1.807) is 18.2 Å². The highest BCUT2D eigenvalue weighted by Crippen LogP contribution is 2.40. The largest absolute Gasteiger partial charge is 0.481 e. The van der Waals surface area contributed by atoms with Crippen molar-refractivity contribution in [3.63, 3.8) is 0 Å². The molecule has 0 spiro atoms. The maximum absolute atomic E-state index is 15.0. The maximum atomic E-state index is 15.0. The van der Waals surface area contributed by atoms with Crippen LogP contribution in [0.1, 0.15) is 68.4 Å². The Morgan fingerprint density at radius 2 is 1.52 bits per heavy atom. The molecule has 1 unspecified atom stereocenters. The highest BCUT2D eigenvalue weighted by molar-refractivity contribution is 9.11. The fraction of sp³-hybridized carbons (Fsp3) is 0.262. The lowest BCUT2D eigenvalue weighted by molar-refractivity contribution is -0.140. The SMILES string of the molecule is CC(C)Cc1nc2ccc(Oc3c(Br)cc(C(=O)NC(C)C(=O)O)cc3Br)c(F)c2o1.CCn1c(NC(C)=O)nc2ccc(Cc3c(Br)cc(NC(=O)CC(=O)O)cc3Br)cc21. The number of aliphatic carboxylic acids is 2. The van der Waals surface area contributed by atoms with Gasteiger partial charge in [-0.3, -0.25) is 29.3 Å². The van der Waals surface area contributed by atoms with E-state index in [1.165, 1.54) is 32.0 Å². The lowest BCUT2D eigenvalue weighted by Gasteiger charge is -2.14. The second-order valence-electron chi connectivity index (χ2n) is 14.2. The minimum Gasteiger partial charge on any atom is -0.481 e. The molecule has 15 nitrogen and oxygen atoms in total. The molecule has 4 aromatic carbocycles. The van der Waals surface area contributed by atoms with Gasteiger partial charge in [0.05, 0.1) is 20.0 Å². The number of halogens is 5. The molecule has 62 heavy (non-hydrogen) atoms. The van der Waals surface area contributed by atoms with Crippen LogP contribution in [0.25, 0.3) is 22.1 Å². The number of aryl methyl sites for hydroxylation is 1. The number of nitrogens with one attached hydrogen (secondary N) is 3. The van der Waals surface area contributed by atoms with Crippen molar-refractivity contribution in [2.24, 2.45) is 5.92 Å². The first-order valence-corrected chi connectivity index (χ1v) is 22.0. The Bertz CT molecular complexity index is 2670. The average molecular weight is 1110 g/mol. The molecule has 2 heterocycles. The van der Waals surface area contributed by atoms with Gasteiger partial charge in [-0.1, -0.05) is 51.8 Å². The summed E-state index contributed by atoms with van der Waals surface area (Å²) in [7, 11) is 0. The number of oxazole rings is 1. The molecule has 0 bridgehead atoms. The van der Waals surface area contributed by atoms with Crippen molar-refractivity contribution in [1.29, 1.82) is 0 Å². The normalized spacial score (nSPS) is 11.5. The number of ether oxygens (including phenoxy) is 1. The van der Waals surface area contributed by atoms with Crippen molar-refractivity contribution in [3.8, 4) is 11.5 Å². The molecule has 0 radical (unpaired) electrons. The highest BCUT2D eigenvalue weighted by Gasteiger charge is 2.22. The first kappa shape index (κ1) is 47.9. The minimum absolute atomic E-state index is 0.0130. The van der Waals surface area contributed by atoms with E-state index in [4.69, 9.17) is 19.4 Å². The smallest absolute Gasteiger partial charge is 0.325 e. The molecule has 3 amide bonds. The number of anilines is 2. The number of carboxylic acids is 2. The van der Waals surface area contributed by atoms with Crippen LogP contribution in [0.3, 0.4) is 0 Å². The molecule has 6 aromatic rings. The zero-order valence-electron chi connectivity index (χ0n) is 33.7. The average Bonchev–Trinajstić information content (AvgIpc) is 3.74. The minimum atomic E-state index is -1.18. The molecule has 326 valence electrons. The van der Waals surface area contributed by atoms with E-state index in [1.807, 2.05) is 43.5 Å². The zero-order chi connectivity index (χ0) is 45.6. The molecule has 5 N–H and O–H groups in total. The van der Waals surface area contributed by atoms with Crippen molar-refractivity contribution in [2.75, 3.05) is 10.6 Å². The van der Waals surface area contributed by atoms with Gasteiger partial charge in [-0.05, 0) is 118 Å². The molecular formula is C42H39Br4FN6O9. The topological polar surface area (TPSA) is 215 Å². The third-order valence-electron chi connectivity index (χ3n) is 8.81. The fourth-order valence-electron chi connectivity index (χ4n) is 5.99. The third kappa shape index (κ3) is 12.0. The van der Waals surface area contributed by atoms with E-state index >= 15 is 0 Å². The van der Waals surface area contributed by atoms with E-state index < -0.39 is 42.0 Å². The Labute approximate surface area is 387 Å². The molecule has 0 saturated heterocycles. The van der Waals surface area contributed by atoms with E-state index in [0.717, 1.165) is 31.1 Å². The van der Waals surface area contributed by atoms with Gasteiger partial charge in [-0.15, -0.1) is 0 Å². The Balaban J connectivity index is 0.000000234. The predicted octanol–water partition coefficient (Wildman–Crippen LogP) is 10.2. The number of benzene rings is 4. The Morgan fingerprint density at radius 1 is 0.871 bits per heavy atom. The highest BCUT2D eigenvalue weighted by atomic mass is 79.9. The number of carboxylic acid groups (broad SMARTS) is 2. The van der Waals surface area contributed by atoms with Gasteiger partial charge in [-0.25, -0.2) is 9.97 Å². The van der Waals surface area contributed by atoms with Gasteiger partial charge in [0.25, 0.3) is 5.91 Å². The van der Waals surface area contributed by atoms with Gasteiger partial charge < -0.3 is 34.6 Å². The molecule has 0 aliphatic heterocycles. The van der Waals surface area contributed by atoms with E-state index in [0.29, 0.717) is 57.3 Å². The first-order chi connectivity index (χ1) is 29.2. The molecule has 2 aromatic heterocycles. The number of carbonyl (C=O) groups excluding carboxylic acids is 3. The van der Waals surface area contributed by atoms with Gasteiger partial charge in [0, 0.05) is 40.1 Å². The van der Waals surface area contributed by atoms with Gasteiger partial charge >= 0.3 is 11.9 Å². The van der Waals surface area contributed by atoms with Crippen LogP contribution in [0, 0.1) is 11.7 Å². The number of imidazole rings is 1. The summed E-state index contributed by atoms with van der Waals surface area (Å²) in [5.41, 5.74) is 4.84. The second-order valence-corrected chi connectivity index (χ2v) is 17.7. The Hall–Kier alpha value is -5.18. The summed E-state index contributed by atoms with van der Waals surface area (Å²) in [6, 6.07) is 14.3. The van der Waals surface area contributed by atoms with Crippen LogP contribution >= 0.6 is 63.7 Å². The zero-order valence-corrected chi connectivity index (χ0v) is 40.0. The van der Waals surface area contributed by atoms with Gasteiger partial charge in [0.2, 0.25) is 23.6 Å². The van der Waals surface area contributed by atoms with Crippen LogP contribution < -0.4 is 20.7 Å². The summed E-state index contributed by atoms with van der Waals surface area (Å²) >= 11 is 13.7. The molecule has 0 aliphatic rings. The molecular weight excluding hydrogens is 1070 g/mol. The first-order valence-electron chi connectivity index (χ1n) is 18.8. The monoisotopic (exact) mass is 1110 g/mol. The number of carbonyl (C=O) groups is 5. The lowest BCUT2D eigenvalue weighted by Crippen LogP contribution is -2.38. The maximum Gasteiger partial charge on any atom is 0.325 e. The summed E-state index contributed by atoms with van der Waals surface area (Å²) in [6.45, 7) is 9.49. The summed E-state index contributed by atoms with van der Waals surface area (Å²) in [6.07, 6.45) is 0.596. The molecule has 0 saturated carbocycles. The predicted molar refractivity (Wildman–Crippen MR) is 244 cm³/mol. The number of fused-ring (bicyclic) bond motifs is 2.